The molecule has 1 aromatic carbocycles. The molecule has 0 aromatic heterocycles. The zero-order valence-electron chi connectivity index (χ0n) is 9.67. The van der Waals surface area contributed by atoms with Crippen molar-refractivity contribution in [3.05, 3.63) is 23.3 Å². The Morgan fingerprint density at radius 1 is 1.24 bits per heavy atom. The van der Waals surface area contributed by atoms with Crippen molar-refractivity contribution in [3.8, 4) is 11.5 Å². The molecule has 3 rings (SSSR count). The van der Waals surface area contributed by atoms with Crippen LogP contribution in [0.4, 0.5) is 4.39 Å². The fourth-order valence-corrected chi connectivity index (χ4v) is 2.42. The standard InChI is InChI=1S/C13H16FNO2/c14-7-9-5-10(13(8-15)1-2-13)12-11(6-9)16-3-4-17-12/h5-6H,1-4,7-8,15H2. The largest absolute Gasteiger partial charge is 0.486 e. The van der Waals surface area contributed by atoms with Crippen LogP contribution in [0.1, 0.15) is 24.0 Å². The van der Waals surface area contributed by atoms with Gasteiger partial charge in [0.1, 0.15) is 19.9 Å². The third-order valence-corrected chi connectivity index (χ3v) is 3.67. The Bertz CT molecular complexity index is 443. The van der Waals surface area contributed by atoms with Gasteiger partial charge in [0.25, 0.3) is 0 Å². The first kappa shape index (κ1) is 10.8. The summed E-state index contributed by atoms with van der Waals surface area (Å²) in [5.74, 6) is 1.44. The minimum absolute atomic E-state index is 0.00400. The van der Waals surface area contributed by atoms with E-state index >= 15 is 0 Å². The summed E-state index contributed by atoms with van der Waals surface area (Å²) in [5, 5.41) is 0. The predicted molar refractivity (Wildman–Crippen MR) is 62.2 cm³/mol. The van der Waals surface area contributed by atoms with Gasteiger partial charge in [-0.25, -0.2) is 4.39 Å². The van der Waals surface area contributed by atoms with Crippen molar-refractivity contribution in [2.75, 3.05) is 19.8 Å². The number of benzene rings is 1. The number of ether oxygens (including phenoxy) is 2. The highest BCUT2D eigenvalue weighted by molar-refractivity contribution is 5.55. The molecule has 1 fully saturated rings. The van der Waals surface area contributed by atoms with Gasteiger partial charge in [0.05, 0.1) is 0 Å². The van der Waals surface area contributed by atoms with Gasteiger partial charge in [0, 0.05) is 17.5 Å². The minimum Gasteiger partial charge on any atom is -0.486 e. The van der Waals surface area contributed by atoms with Crippen LogP contribution < -0.4 is 15.2 Å². The molecule has 0 radical (unpaired) electrons. The third-order valence-electron chi connectivity index (χ3n) is 3.67. The monoisotopic (exact) mass is 237 g/mol. The second-order valence-electron chi connectivity index (χ2n) is 4.79. The lowest BCUT2D eigenvalue weighted by Crippen LogP contribution is -2.24. The first-order valence-electron chi connectivity index (χ1n) is 5.98. The van der Waals surface area contributed by atoms with E-state index in [-0.39, 0.29) is 5.41 Å². The fraction of sp³-hybridized carbons (Fsp3) is 0.538. The first-order valence-corrected chi connectivity index (χ1v) is 5.98. The van der Waals surface area contributed by atoms with E-state index in [1.165, 1.54) is 0 Å². The molecular weight excluding hydrogens is 221 g/mol. The Hall–Kier alpha value is -1.29. The Morgan fingerprint density at radius 2 is 2.00 bits per heavy atom. The van der Waals surface area contributed by atoms with Gasteiger partial charge in [-0.1, -0.05) is 0 Å². The van der Waals surface area contributed by atoms with Crippen LogP contribution in [0.2, 0.25) is 0 Å². The second-order valence-corrected chi connectivity index (χ2v) is 4.79. The molecule has 1 heterocycles. The van der Waals surface area contributed by atoms with E-state index in [9.17, 15) is 4.39 Å². The van der Waals surface area contributed by atoms with Crippen molar-refractivity contribution >= 4 is 0 Å². The molecule has 3 nitrogen and oxygen atoms in total. The van der Waals surface area contributed by atoms with Crippen LogP contribution in [0, 0.1) is 0 Å². The van der Waals surface area contributed by atoms with Crippen molar-refractivity contribution in [1.29, 1.82) is 0 Å². The van der Waals surface area contributed by atoms with Crippen molar-refractivity contribution in [1.82, 2.24) is 0 Å². The van der Waals surface area contributed by atoms with Crippen LogP contribution in [0.3, 0.4) is 0 Å². The molecule has 1 aromatic rings. The average molecular weight is 237 g/mol. The molecule has 0 unspecified atom stereocenters. The summed E-state index contributed by atoms with van der Waals surface area (Å²) < 4.78 is 24.1. The second kappa shape index (κ2) is 3.88. The lowest BCUT2D eigenvalue weighted by Gasteiger charge is -2.25. The van der Waals surface area contributed by atoms with Crippen LogP contribution in [-0.4, -0.2) is 19.8 Å². The first-order chi connectivity index (χ1) is 8.29. The summed E-state index contributed by atoms with van der Waals surface area (Å²) in [7, 11) is 0. The van der Waals surface area contributed by atoms with Gasteiger partial charge in [-0.05, 0) is 30.5 Å². The molecule has 17 heavy (non-hydrogen) atoms. The van der Waals surface area contributed by atoms with E-state index in [4.69, 9.17) is 15.2 Å². The summed E-state index contributed by atoms with van der Waals surface area (Å²) in [4.78, 5) is 0. The molecule has 0 amide bonds. The smallest absolute Gasteiger partial charge is 0.165 e. The summed E-state index contributed by atoms with van der Waals surface area (Å²) >= 11 is 0. The summed E-state index contributed by atoms with van der Waals surface area (Å²) in [6.07, 6.45) is 2.10. The highest BCUT2D eigenvalue weighted by atomic mass is 19.1. The Morgan fingerprint density at radius 3 is 2.65 bits per heavy atom. The molecule has 1 aliphatic heterocycles. The number of hydrogen-bond donors (Lipinski definition) is 1. The van der Waals surface area contributed by atoms with Crippen molar-refractivity contribution in [2.24, 2.45) is 5.73 Å². The van der Waals surface area contributed by atoms with Gasteiger partial charge < -0.3 is 15.2 Å². The van der Waals surface area contributed by atoms with Gasteiger partial charge in [-0.3, -0.25) is 0 Å². The highest BCUT2D eigenvalue weighted by Crippen LogP contribution is 2.53. The zero-order valence-corrected chi connectivity index (χ0v) is 9.67. The van der Waals surface area contributed by atoms with Gasteiger partial charge in [-0.15, -0.1) is 0 Å². The molecule has 92 valence electrons. The van der Waals surface area contributed by atoms with E-state index in [1.54, 1.807) is 6.07 Å². The molecule has 4 heteroatoms. The number of fused-ring (bicyclic) bond motifs is 1. The fourth-order valence-electron chi connectivity index (χ4n) is 2.42. The van der Waals surface area contributed by atoms with Gasteiger partial charge in [0.2, 0.25) is 0 Å². The van der Waals surface area contributed by atoms with Crippen LogP contribution in [0.25, 0.3) is 0 Å². The summed E-state index contributed by atoms with van der Waals surface area (Å²) in [5.41, 5.74) is 7.51. The quantitative estimate of drug-likeness (QED) is 0.873. The predicted octanol–water partition coefficient (Wildman–Crippen LogP) is 1.92. The van der Waals surface area contributed by atoms with E-state index in [0.717, 1.165) is 24.2 Å². The maximum atomic E-state index is 12.9. The maximum absolute atomic E-state index is 12.9. The Balaban J connectivity index is 2.11. The summed E-state index contributed by atoms with van der Waals surface area (Å²) in [6, 6.07) is 3.61. The van der Waals surface area contributed by atoms with Gasteiger partial charge >= 0.3 is 0 Å². The lowest BCUT2D eigenvalue weighted by atomic mass is 9.93. The Labute approximate surface area is 99.7 Å². The van der Waals surface area contributed by atoms with Crippen molar-refractivity contribution in [2.45, 2.75) is 24.9 Å². The topological polar surface area (TPSA) is 44.5 Å². The van der Waals surface area contributed by atoms with E-state index in [2.05, 4.69) is 0 Å². The number of hydrogen-bond acceptors (Lipinski definition) is 3. The molecule has 0 spiro atoms. The highest BCUT2D eigenvalue weighted by Gasteiger charge is 2.46. The summed E-state index contributed by atoms with van der Waals surface area (Å²) in [6.45, 7) is 1.18. The van der Waals surface area contributed by atoms with Gasteiger partial charge in [0.15, 0.2) is 11.5 Å². The van der Waals surface area contributed by atoms with E-state index < -0.39 is 6.67 Å². The SMILES string of the molecule is NCC1(c2cc(CF)cc3c2OCCO3)CC1. The molecular formula is C13H16FNO2. The van der Waals surface area contributed by atoms with Crippen molar-refractivity contribution in [3.63, 3.8) is 0 Å². The number of nitrogens with two attached hydrogens (primary N) is 1. The number of halogens is 1. The number of alkyl halides is 1. The van der Waals surface area contributed by atoms with Crippen LogP contribution >= 0.6 is 0 Å². The van der Waals surface area contributed by atoms with Crippen molar-refractivity contribution < 1.29 is 13.9 Å². The molecule has 1 saturated carbocycles. The molecule has 2 aliphatic rings. The molecule has 0 bridgehead atoms. The minimum atomic E-state index is -0.482. The molecule has 1 aliphatic carbocycles. The van der Waals surface area contributed by atoms with E-state index in [0.29, 0.717) is 31.1 Å². The van der Waals surface area contributed by atoms with Crippen LogP contribution in [0.15, 0.2) is 12.1 Å². The normalized spacial score (nSPS) is 20.1. The third kappa shape index (κ3) is 1.67. The van der Waals surface area contributed by atoms with Crippen LogP contribution in [0.5, 0.6) is 11.5 Å². The van der Waals surface area contributed by atoms with E-state index in [1.807, 2.05) is 6.07 Å². The Kier molecular flexibility index (Phi) is 2.47. The maximum Gasteiger partial charge on any atom is 0.165 e. The number of rotatable bonds is 3. The molecule has 0 saturated heterocycles. The molecule has 2 N–H and O–H groups in total. The average Bonchev–Trinajstić information content (AvgIpc) is 3.18. The van der Waals surface area contributed by atoms with Gasteiger partial charge in [-0.2, -0.15) is 0 Å². The zero-order chi connectivity index (χ0) is 11.9. The van der Waals surface area contributed by atoms with Crippen LogP contribution in [-0.2, 0) is 12.1 Å². The molecule has 0 atom stereocenters. The lowest BCUT2D eigenvalue weighted by molar-refractivity contribution is 0.168.